The highest BCUT2D eigenvalue weighted by molar-refractivity contribution is 6.31. The number of pyridine rings is 1. The fourth-order valence-electron chi connectivity index (χ4n) is 1.59. The van der Waals surface area contributed by atoms with Crippen molar-refractivity contribution in [2.75, 3.05) is 11.1 Å². The van der Waals surface area contributed by atoms with E-state index in [-0.39, 0.29) is 27.7 Å². The van der Waals surface area contributed by atoms with Gasteiger partial charge in [0, 0.05) is 11.2 Å². The highest BCUT2D eigenvalue weighted by Crippen LogP contribution is 2.21. The molecule has 1 aromatic heterocycles. The van der Waals surface area contributed by atoms with Crippen molar-refractivity contribution in [2.45, 2.75) is 0 Å². The first kappa shape index (κ1) is 13.8. The summed E-state index contributed by atoms with van der Waals surface area (Å²) in [5.74, 6) is -1.79. The average molecular weight is 292 g/mol. The summed E-state index contributed by atoms with van der Waals surface area (Å²) in [6.07, 6.45) is 1.42. The number of anilines is 2. The highest BCUT2D eigenvalue weighted by Gasteiger charge is 2.16. The van der Waals surface area contributed by atoms with Crippen LogP contribution < -0.4 is 11.1 Å². The van der Waals surface area contributed by atoms with Crippen LogP contribution in [0.3, 0.4) is 0 Å². The van der Waals surface area contributed by atoms with Crippen molar-refractivity contribution in [3.8, 4) is 0 Å². The second-order valence-corrected chi connectivity index (χ2v) is 4.33. The molecule has 4 N–H and O–H groups in total. The predicted molar refractivity (Wildman–Crippen MR) is 75.0 cm³/mol. The number of carbonyl (C=O) groups is 2. The summed E-state index contributed by atoms with van der Waals surface area (Å²) in [4.78, 5) is 27.0. The first-order chi connectivity index (χ1) is 9.49. The molecule has 0 aliphatic carbocycles. The lowest BCUT2D eigenvalue weighted by Crippen LogP contribution is -2.17. The van der Waals surface area contributed by atoms with Gasteiger partial charge in [-0.15, -0.1) is 0 Å². The van der Waals surface area contributed by atoms with E-state index in [2.05, 4.69) is 10.3 Å². The molecule has 0 bridgehead atoms. The Bertz CT molecular complexity index is 688. The molecule has 0 radical (unpaired) electrons. The monoisotopic (exact) mass is 291 g/mol. The molecule has 1 heterocycles. The van der Waals surface area contributed by atoms with Crippen LogP contribution >= 0.6 is 11.6 Å². The Kier molecular flexibility index (Phi) is 3.86. The standard InChI is InChI=1S/C13H10ClN3O3/c14-7-3-4-10(8(6-7)13(19)20)17-12(18)11-9(15)2-1-5-16-11/h1-6H,15H2,(H,17,18)(H,19,20). The number of nitrogens with two attached hydrogens (primary N) is 1. The Balaban J connectivity index is 2.33. The molecule has 0 atom stereocenters. The van der Waals surface area contributed by atoms with Gasteiger partial charge in [0.2, 0.25) is 0 Å². The summed E-state index contributed by atoms with van der Waals surface area (Å²) in [6, 6.07) is 7.26. The number of benzene rings is 1. The van der Waals surface area contributed by atoms with E-state index in [1.54, 1.807) is 6.07 Å². The first-order valence-corrected chi connectivity index (χ1v) is 5.91. The van der Waals surface area contributed by atoms with Gasteiger partial charge >= 0.3 is 5.97 Å². The van der Waals surface area contributed by atoms with E-state index in [1.165, 1.54) is 30.5 Å². The summed E-state index contributed by atoms with van der Waals surface area (Å²) in [7, 11) is 0. The third-order valence-electron chi connectivity index (χ3n) is 2.51. The predicted octanol–water partition coefficient (Wildman–Crippen LogP) is 2.27. The lowest BCUT2D eigenvalue weighted by Gasteiger charge is -2.09. The molecule has 0 saturated heterocycles. The molecule has 0 spiro atoms. The molecule has 102 valence electrons. The number of hydrogen-bond donors (Lipinski definition) is 3. The van der Waals surface area contributed by atoms with Gasteiger partial charge in [0.1, 0.15) is 0 Å². The van der Waals surface area contributed by atoms with E-state index in [9.17, 15) is 9.59 Å². The molecule has 0 aliphatic heterocycles. The number of amides is 1. The molecule has 6 nitrogen and oxygen atoms in total. The number of nitrogens with zero attached hydrogens (tertiary/aromatic N) is 1. The number of nitrogen functional groups attached to an aromatic ring is 1. The number of hydrogen-bond acceptors (Lipinski definition) is 4. The largest absolute Gasteiger partial charge is 0.478 e. The van der Waals surface area contributed by atoms with Crippen LogP contribution in [0, 0.1) is 0 Å². The van der Waals surface area contributed by atoms with Crippen molar-refractivity contribution in [1.29, 1.82) is 0 Å². The molecule has 1 amide bonds. The number of halogens is 1. The van der Waals surface area contributed by atoms with Crippen LogP contribution in [0.2, 0.25) is 5.02 Å². The minimum absolute atomic E-state index is 0.0267. The Morgan fingerprint density at radius 1 is 1.30 bits per heavy atom. The fraction of sp³-hybridized carbons (Fsp3) is 0. The lowest BCUT2D eigenvalue weighted by molar-refractivity contribution is 0.0698. The Hall–Kier alpha value is -2.60. The second-order valence-electron chi connectivity index (χ2n) is 3.89. The number of carboxylic acid groups (broad SMARTS) is 1. The van der Waals surface area contributed by atoms with Crippen molar-refractivity contribution in [3.05, 3.63) is 52.8 Å². The summed E-state index contributed by atoms with van der Waals surface area (Å²) in [6.45, 7) is 0. The summed E-state index contributed by atoms with van der Waals surface area (Å²) in [5, 5.41) is 11.8. The average Bonchev–Trinajstić information content (AvgIpc) is 2.41. The van der Waals surface area contributed by atoms with E-state index >= 15 is 0 Å². The summed E-state index contributed by atoms with van der Waals surface area (Å²) in [5.41, 5.74) is 5.88. The highest BCUT2D eigenvalue weighted by atomic mass is 35.5. The van der Waals surface area contributed by atoms with Gasteiger partial charge in [-0.05, 0) is 30.3 Å². The van der Waals surface area contributed by atoms with Gasteiger partial charge in [0.25, 0.3) is 5.91 Å². The van der Waals surface area contributed by atoms with Crippen LogP contribution in [-0.2, 0) is 0 Å². The number of carboxylic acids is 1. The molecular weight excluding hydrogens is 282 g/mol. The Labute approximate surface area is 119 Å². The molecule has 0 saturated carbocycles. The van der Waals surface area contributed by atoms with Crippen molar-refractivity contribution < 1.29 is 14.7 Å². The van der Waals surface area contributed by atoms with Gasteiger partial charge in [-0.3, -0.25) is 4.79 Å². The maximum atomic E-state index is 12.0. The van der Waals surface area contributed by atoms with Crippen molar-refractivity contribution >= 4 is 34.9 Å². The van der Waals surface area contributed by atoms with E-state index in [0.717, 1.165) is 0 Å². The molecule has 7 heteroatoms. The third-order valence-corrected chi connectivity index (χ3v) is 2.75. The smallest absolute Gasteiger partial charge is 0.337 e. The normalized spacial score (nSPS) is 10.1. The van der Waals surface area contributed by atoms with E-state index < -0.39 is 11.9 Å². The number of aromatic nitrogens is 1. The molecule has 0 fully saturated rings. The Morgan fingerprint density at radius 3 is 2.70 bits per heavy atom. The second kappa shape index (κ2) is 5.58. The van der Waals surface area contributed by atoms with Crippen LogP contribution in [0.15, 0.2) is 36.5 Å². The zero-order valence-corrected chi connectivity index (χ0v) is 10.9. The van der Waals surface area contributed by atoms with Gasteiger partial charge in [-0.25, -0.2) is 9.78 Å². The Morgan fingerprint density at radius 2 is 2.05 bits per heavy atom. The topological polar surface area (TPSA) is 105 Å². The van der Waals surface area contributed by atoms with Crippen LogP contribution in [-0.4, -0.2) is 22.0 Å². The van der Waals surface area contributed by atoms with Crippen molar-refractivity contribution in [3.63, 3.8) is 0 Å². The zero-order chi connectivity index (χ0) is 14.7. The number of aromatic carboxylic acids is 1. The molecule has 0 unspecified atom stereocenters. The minimum Gasteiger partial charge on any atom is -0.478 e. The maximum absolute atomic E-state index is 12.0. The molecule has 20 heavy (non-hydrogen) atoms. The number of rotatable bonds is 3. The molecular formula is C13H10ClN3O3. The van der Waals surface area contributed by atoms with Gasteiger partial charge in [0.15, 0.2) is 5.69 Å². The summed E-state index contributed by atoms with van der Waals surface area (Å²) >= 11 is 5.73. The molecule has 2 rings (SSSR count). The van der Waals surface area contributed by atoms with Crippen molar-refractivity contribution in [1.82, 2.24) is 4.98 Å². The van der Waals surface area contributed by atoms with E-state index in [0.29, 0.717) is 0 Å². The lowest BCUT2D eigenvalue weighted by atomic mass is 10.1. The van der Waals surface area contributed by atoms with Gasteiger partial charge in [0.05, 0.1) is 16.9 Å². The maximum Gasteiger partial charge on any atom is 0.337 e. The quantitative estimate of drug-likeness (QED) is 0.804. The van der Waals surface area contributed by atoms with Crippen LogP contribution in [0.4, 0.5) is 11.4 Å². The van der Waals surface area contributed by atoms with Crippen LogP contribution in [0.1, 0.15) is 20.8 Å². The number of carbonyl (C=O) groups excluding carboxylic acids is 1. The molecule has 0 aliphatic rings. The van der Waals surface area contributed by atoms with Crippen LogP contribution in [0.25, 0.3) is 0 Å². The molecule has 1 aromatic carbocycles. The molecule has 2 aromatic rings. The third kappa shape index (κ3) is 2.86. The van der Waals surface area contributed by atoms with E-state index in [4.69, 9.17) is 22.4 Å². The fourth-order valence-corrected chi connectivity index (χ4v) is 1.76. The minimum atomic E-state index is -1.20. The number of nitrogens with one attached hydrogen (secondary N) is 1. The van der Waals surface area contributed by atoms with Crippen molar-refractivity contribution in [2.24, 2.45) is 0 Å². The van der Waals surface area contributed by atoms with Gasteiger partial charge < -0.3 is 16.2 Å². The summed E-state index contributed by atoms with van der Waals surface area (Å²) < 4.78 is 0. The first-order valence-electron chi connectivity index (χ1n) is 5.53. The SMILES string of the molecule is Nc1cccnc1C(=O)Nc1ccc(Cl)cc1C(=O)O. The van der Waals surface area contributed by atoms with Gasteiger partial charge in [-0.1, -0.05) is 11.6 Å². The van der Waals surface area contributed by atoms with Crippen LogP contribution in [0.5, 0.6) is 0 Å². The van der Waals surface area contributed by atoms with Gasteiger partial charge in [-0.2, -0.15) is 0 Å². The van der Waals surface area contributed by atoms with E-state index in [1.807, 2.05) is 0 Å². The zero-order valence-electron chi connectivity index (χ0n) is 10.1.